The van der Waals surface area contributed by atoms with Crippen molar-refractivity contribution in [3.8, 4) is 6.07 Å². The molecule has 0 bridgehead atoms. The summed E-state index contributed by atoms with van der Waals surface area (Å²) in [7, 11) is 0. The molecule has 1 aliphatic heterocycles. The monoisotopic (exact) mass is 457 g/mol. The van der Waals surface area contributed by atoms with Gasteiger partial charge < -0.3 is 16.0 Å². The van der Waals surface area contributed by atoms with Crippen LogP contribution in [0.1, 0.15) is 38.7 Å². The zero-order chi connectivity index (χ0) is 24.2. The molecule has 0 saturated carbocycles. The van der Waals surface area contributed by atoms with Gasteiger partial charge in [-0.05, 0) is 60.5 Å². The van der Waals surface area contributed by atoms with Gasteiger partial charge in [0.15, 0.2) is 0 Å². The van der Waals surface area contributed by atoms with Crippen LogP contribution in [0.2, 0.25) is 0 Å². The maximum Gasteiger partial charge on any atom is 0.255 e. The molecule has 0 aliphatic carbocycles. The number of amides is 1. The molecule has 1 heterocycles. The molecule has 35 heavy (non-hydrogen) atoms. The zero-order valence-electron chi connectivity index (χ0n) is 19.1. The van der Waals surface area contributed by atoms with E-state index < -0.39 is 0 Å². The van der Waals surface area contributed by atoms with E-state index in [1.54, 1.807) is 24.3 Å². The summed E-state index contributed by atoms with van der Waals surface area (Å²) in [5.74, 6) is 0.402. The first-order valence-electron chi connectivity index (χ1n) is 11.3. The van der Waals surface area contributed by atoms with Crippen molar-refractivity contribution in [1.29, 1.82) is 5.26 Å². The van der Waals surface area contributed by atoms with E-state index in [4.69, 9.17) is 10.3 Å². The molecule has 0 aromatic heterocycles. The summed E-state index contributed by atoms with van der Waals surface area (Å²) in [6.07, 6.45) is 0. The average Bonchev–Trinajstić information content (AvgIpc) is 2.90. The maximum absolute atomic E-state index is 12.8. The molecule has 4 aromatic carbocycles. The number of rotatable bonds is 4. The zero-order valence-corrected chi connectivity index (χ0v) is 19.1. The molecule has 0 spiro atoms. The number of guanidine groups is 1. The lowest BCUT2D eigenvalue weighted by atomic mass is 9.96. The number of hydrogen-bond donors (Lipinski definition) is 3. The Bertz CT molecular complexity index is 1450. The smallest absolute Gasteiger partial charge is 0.255 e. The van der Waals surface area contributed by atoms with Crippen LogP contribution in [0.25, 0.3) is 0 Å². The Morgan fingerprint density at radius 3 is 2.46 bits per heavy atom. The van der Waals surface area contributed by atoms with E-state index in [1.807, 2.05) is 61.5 Å². The second kappa shape index (κ2) is 9.54. The number of nitrogens with zero attached hydrogens (tertiary/aromatic N) is 2. The molecule has 1 aliphatic rings. The van der Waals surface area contributed by atoms with Crippen molar-refractivity contribution < 1.29 is 4.79 Å². The fourth-order valence-electron chi connectivity index (χ4n) is 4.02. The third-order valence-electron chi connectivity index (χ3n) is 5.91. The van der Waals surface area contributed by atoms with Gasteiger partial charge in [-0.3, -0.25) is 4.79 Å². The third-order valence-corrected chi connectivity index (χ3v) is 5.91. The second-order valence-corrected chi connectivity index (χ2v) is 8.30. The van der Waals surface area contributed by atoms with Crippen molar-refractivity contribution in [3.05, 3.63) is 125 Å². The lowest BCUT2D eigenvalue weighted by molar-refractivity contribution is 0.102. The molecule has 1 atom stereocenters. The Hall–Kier alpha value is -4.89. The number of anilines is 3. The van der Waals surface area contributed by atoms with Crippen molar-refractivity contribution in [3.63, 3.8) is 0 Å². The summed E-state index contributed by atoms with van der Waals surface area (Å²) in [5.41, 5.74) is 6.58. The fraction of sp³-hybridized carbons (Fsp3) is 0.0690. The van der Waals surface area contributed by atoms with E-state index in [9.17, 15) is 4.79 Å². The number of benzene rings is 4. The number of para-hydroxylation sites is 1. The largest absolute Gasteiger partial charge is 0.326 e. The summed E-state index contributed by atoms with van der Waals surface area (Å²) in [5, 5.41) is 18.7. The number of hydrogen-bond acceptors (Lipinski definition) is 5. The normalized spacial score (nSPS) is 14.1. The van der Waals surface area contributed by atoms with Crippen LogP contribution in [-0.4, -0.2) is 11.9 Å². The molecule has 5 rings (SSSR count). The molecule has 0 radical (unpaired) electrons. The SMILES string of the molecule is Cc1ccc(C#N)cc1NC(=O)c1ccc(NC2=NC(c3ccccc3)c3ccccc3N2)cc1. The van der Waals surface area contributed by atoms with E-state index in [2.05, 4.69) is 40.2 Å². The van der Waals surface area contributed by atoms with E-state index in [1.165, 1.54) is 0 Å². The van der Waals surface area contributed by atoms with Gasteiger partial charge in [-0.1, -0.05) is 54.6 Å². The van der Waals surface area contributed by atoms with Crippen LogP contribution in [-0.2, 0) is 0 Å². The predicted molar refractivity (Wildman–Crippen MR) is 140 cm³/mol. The first-order valence-corrected chi connectivity index (χ1v) is 11.3. The molecule has 6 heteroatoms. The Morgan fingerprint density at radius 1 is 0.943 bits per heavy atom. The first kappa shape index (κ1) is 21.9. The van der Waals surface area contributed by atoms with Crippen LogP contribution in [0, 0.1) is 18.3 Å². The highest BCUT2D eigenvalue weighted by atomic mass is 16.1. The molecular weight excluding hydrogens is 434 g/mol. The lowest BCUT2D eigenvalue weighted by Gasteiger charge is -2.26. The summed E-state index contributed by atoms with van der Waals surface area (Å²) < 4.78 is 0. The highest BCUT2D eigenvalue weighted by molar-refractivity contribution is 6.07. The quantitative estimate of drug-likeness (QED) is 0.345. The van der Waals surface area contributed by atoms with Crippen LogP contribution in [0.5, 0.6) is 0 Å². The minimum atomic E-state index is -0.235. The standard InChI is InChI=1S/C29H23N5O/c1-19-11-12-20(18-30)17-26(19)32-28(35)22-13-15-23(16-14-22)31-29-33-25-10-6-5-9-24(25)27(34-29)21-7-3-2-4-8-21/h2-17,27H,1H3,(H,32,35)(H2,31,33,34). The molecule has 0 fully saturated rings. The van der Waals surface area contributed by atoms with E-state index in [-0.39, 0.29) is 11.9 Å². The number of carbonyl (C=O) groups excluding carboxylic acids is 1. The molecular formula is C29H23N5O. The van der Waals surface area contributed by atoms with Crippen molar-refractivity contribution in [2.75, 3.05) is 16.0 Å². The summed E-state index contributed by atoms with van der Waals surface area (Å²) in [6.45, 7) is 1.89. The van der Waals surface area contributed by atoms with Crippen LogP contribution in [0.4, 0.5) is 17.1 Å². The van der Waals surface area contributed by atoms with Gasteiger partial charge in [-0.2, -0.15) is 5.26 Å². The van der Waals surface area contributed by atoms with Gasteiger partial charge in [0.1, 0.15) is 6.04 Å². The van der Waals surface area contributed by atoms with Gasteiger partial charge in [-0.25, -0.2) is 4.99 Å². The average molecular weight is 458 g/mol. The van der Waals surface area contributed by atoms with Crippen LogP contribution < -0.4 is 16.0 Å². The van der Waals surface area contributed by atoms with Crippen LogP contribution >= 0.6 is 0 Å². The van der Waals surface area contributed by atoms with Gasteiger partial charge in [-0.15, -0.1) is 0 Å². The number of carbonyl (C=O) groups is 1. The van der Waals surface area contributed by atoms with E-state index >= 15 is 0 Å². The molecule has 6 nitrogen and oxygen atoms in total. The summed E-state index contributed by atoms with van der Waals surface area (Å²) in [6, 6.07) is 32.7. The number of nitrogens with one attached hydrogen (secondary N) is 3. The third kappa shape index (κ3) is 4.75. The number of nitriles is 1. The van der Waals surface area contributed by atoms with Crippen molar-refractivity contribution in [1.82, 2.24) is 0 Å². The van der Waals surface area contributed by atoms with Gasteiger partial charge in [0, 0.05) is 28.2 Å². The van der Waals surface area contributed by atoms with Crippen molar-refractivity contribution in [2.45, 2.75) is 13.0 Å². The number of fused-ring (bicyclic) bond motifs is 1. The van der Waals surface area contributed by atoms with E-state index in [0.29, 0.717) is 22.8 Å². The minimum absolute atomic E-state index is 0.117. The number of aryl methyl sites for hydroxylation is 1. The van der Waals surface area contributed by atoms with Gasteiger partial charge in [0.05, 0.1) is 11.6 Å². The highest BCUT2D eigenvalue weighted by Gasteiger charge is 2.22. The van der Waals surface area contributed by atoms with Crippen molar-refractivity contribution >= 4 is 28.9 Å². The second-order valence-electron chi connectivity index (χ2n) is 8.30. The summed E-state index contributed by atoms with van der Waals surface area (Å²) in [4.78, 5) is 17.7. The topological polar surface area (TPSA) is 89.3 Å². The fourth-order valence-corrected chi connectivity index (χ4v) is 4.02. The molecule has 0 saturated heterocycles. The Kier molecular flexibility index (Phi) is 5.98. The van der Waals surface area contributed by atoms with Crippen LogP contribution in [0.3, 0.4) is 0 Å². The van der Waals surface area contributed by atoms with Gasteiger partial charge >= 0.3 is 0 Å². The molecule has 1 unspecified atom stereocenters. The highest BCUT2D eigenvalue weighted by Crippen LogP contribution is 2.34. The first-order chi connectivity index (χ1) is 17.1. The Balaban J connectivity index is 1.33. The molecule has 3 N–H and O–H groups in total. The Labute approximate surface area is 204 Å². The lowest BCUT2D eigenvalue weighted by Crippen LogP contribution is -2.27. The van der Waals surface area contributed by atoms with Gasteiger partial charge in [0.25, 0.3) is 5.91 Å². The predicted octanol–water partition coefficient (Wildman–Crippen LogP) is 6.10. The summed E-state index contributed by atoms with van der Waals surface area (Å²) >= 11 is 0. The van der Waals surface area contributed by atoms with Crippen LogP contribution in [0.15, 0.2) is 102 Å². The van der Waals surface area contributed by atoms with E-state index in [0.717, 1.165) is 28.1 Å². The Morgan fingerprint density at radius 2 is 1.69 bits per heavy atom. The number of aliphatic imine (C=N–C) groups is 1. The molecule has 1 amide bonds. The molecule has 170 valence electrons. The minimum Gasteiger partial charge on any atom is -0.326 e. The molecule has 4 aromatic rings. The van der Waals surface area contributed by atoms with Crippen molar-refractivity contribution in [2.24, 2.45) is 4.99 Å². The maximum atomic E-state index is 12.8. The van der Waals surface area contributed by atoms with Gasteiger partial charge in [0.2, 0.25) is 5.96 Å².